The van der Waals surface area contributed by atoms with E-state index in [1.807, 2.05) is 30.0 Å². The summed E-state index contributed by atoms with van der Waals surface area (Å²) in [6, 6.07) is 16.2. The van der Waals surface area contributed by atoms with Gasteiger partial charge in [0.15, 0.2) is 11.6 Å². The van der Waals surface area contributed by atoms with Gasteiger partial charge in [-0.25, -0.2) is 9.18 Å². The second-order valence-corrected chi connectivity index (χ2v) is 16.0. The summed E-state index contributed by atoms with van der Waals surface area (Å²) in [4.78, 5) is 63.6. The predicted molar refractivity (Wildman–Crippen MR) is 206 cm³/mol. The van der Waals surface area contributed by atoms with Crippen molar-refractivity contribution in [3.05, 3.63) is 111 Å². The lowest BCUT2D eigenvalue weighted by Crippen LogP contribution is -2.48. The van der Waals surface area contributed by atoms with E-state index in [1.165, 1.54) is 12.1 Å². The molecule has 6 rings (SSSR count). The first-order valence-electron chi connectivity index (χ1n) is 18.6. The first-order chi connectivity index (χ1) is 25.6. The summed E-state index contributed by atoms with van der Waals surface area (Å²) in [7, 11) is 0. The monoisotopic (exact) mass is 755 g/mol. The number of carbonyl (C=O) groups is 4. The number of ether oxygens (including phenoxy) is 1. The SMILES string of the molecule is CC(C)[C@H](C)C(=O)N1CC=C(c2cccc3c2CCN(C(=O)[C@H]2CC(c4cccc(Cl)c4F)=NO2)[C@@H]3C(=O)Cc2ccc(C(=O)OC(C)(C)C)cc2)CC1. The van der Waals surface area contributed by atoms with E-state index in [1.54, 1.807) is 56.0 Å². The van der Waals surface area contributed by atoms with Gasteiger partial charge < -0.3 is 19.4 Å². The molecule has 0 saturated carbocycles. The number of esters is 1. The Bertz CT molecular complexity index is 2020. The van der Waals surface area contributed by atoms with Crippen molar-refractivity contribution in [3.8, 4) is 0 Å². The van der Waals surface area contributed by atoms with Gasteiger partial charge in [0.25, 0.3) is 5.91 Å². The number of nitrogens with zero attached hydrogens (tertiary/aromatic N) is 3. The van der Waals surface area contributed by atoms with Crippen LogP contribution in [0.25, 0.3) is 5.57 Å². The molecule has 0 N–H and O–H groups in total. The maximum atomic E-state index is 14.9. The number of rotatable bonds is 9. The Hall–Kier alpha value is -4.83. The molecule has 3 atom stereocenters. The summed E-state index contributed by atoms with van der Waals surface area (Å²) in [6.45, 7) is 12.8. The van der Waals surface area contributed by atoms with E-state index in [9.17, 15) is 23.6 Å². The van der Waals surface area contributed by atoms with E-state index in [2.05, 4.69) is 25.1 Å². The third kappa shape index (κ3) is 8.28. The molecule has 0 unspecified atom stereocenters. The summed E-state index contributed by atoms with van der Waals surface area (Å²) < 4.78 is 20.4. The van der Waals surface area contributed by atoms with Gasteiger partial charge in [0.05, 0.1) is 16.3 Å². The van der Waals surface area contributed by atoms with Crippen molar-refractivity contribution in [1.82, 2.24) is 9.80 Å². The Kier molecular flexibility index (Phi) is 11.4. The molecule has 0 radical (unpaired) electrons. The van der Waals surface area contributed by atoms with Crippen LogP contribution in [0.5, 0.6) is 0 Å². The number of Topliss-reactive ketones (excluding diaryl/α,β-unsaturated/α-hetero) is 1. The maximum Gasteiger partial charge on any atom is 0.338 e. The predicted octanol–water partition coefficient (Wildman–Crippen LogP) is 7.77. The van der Waals surface area contributed by atoms with Crippen LogP contribution in [0.3, 0.4) is 0 Å². The lowest BCUT2D eigenvalue weighted by molar-refractivity contribution is -0.149. The Labute approximate surface area is 321 Å². The highest BCUT2D eigenvalue weighted by Crippen LogP contribution is 2.38. The van der Waals surface area contributed by atoms with Crippen molar-refractivity contribution < 1.29 is 33.1 Å². The number of hydrogen-bond acceptors (Lipinski definition) is 7. The minimum atomic E-state index is -1.05. The van der Waals surface area contributed by atoms with E-state index in [4.69, 9.17) is 21.2 Å². The molecule has 2 amide bonds. The van der Waals surface area contributed by atoms with Crippen molar-refractivity contribution in [2.24, 2.45) is 17.0 Å². The Morgan fingerprint density at radius 1 is 0.963 bits per heavy atom. The van der Waals surface area contributed by atoms with Gasteiger partial charge in [0, 0.05) is 44.0 Å². The fourth-order valence-electron chi connectivity index (χ4n) is 7.22. The van der Waals surface area contributed by atoms with Gasteiger partial charge in [0.2, 0.25) is 12.0 Å². The number of fused-ring (bicyclic) bond motifs is 1. The first-order valence-corrected chi connectivity index (χ1v) is 18.9. The number of benzene rings is 3. The quantitative estimate of drug-likeness (QED) is 0.207. The van der Waals surface area contributed by atoms with Gasteiger partial charge in [-0.15, -0.1) is 0 Å². The van der Waals surface area contributed by atoms with Gasteiger partial charge in [-0.05, 0) is 91.6 Å². The van der Waals surface area contributed by atoms with E-state index in [0.717, 1.165) is 22.3 Å². The fourth-order valence-corrected chi connectivity index (χ4v) is 7.39. The molecule has 0 aromatic heterocycles. The zero-order chi connectivity index (χ0) is 38.9. The van der Waals surface area contributed by atoms with Crippen LogP contribution in [0.1, 0.15) is 98.6 Å². The van der Waals surface area contributed by atoms with Crippen molar-refractivity contribution in [3.63, 3.8) is 0 Å². The third-order valence-corrected chi connectivity index (χ3v) is 10.7. The molecule has 0 fully saturated rings. The highest BCUT2D eigenvalue weighted by molar-refractivity contribution is 6.31. The summed E-state index contributed by atoms with van der Waals surface area (Å²) >= 11 is 6.02. The van der Waals surface area contributed by atoms with E-state index >= 15 is 0 Å². The molecular formula is C43H47ClFN3O6. The molecule has 3 aliphatic heterocycles. The smallest absolute Gasteiger partial charge is 0.338 e. The molecule has 9 nitrogen and oxygen atoms in total. The highest BCUT2D eigenvalue weighted by Gasteiger charge is 2.42. The number of oxime groups is 1. The van der Waals surface area contributed by atoms with Crippen LogP contribution >= 0.6 is 11.6 Å². The van der Waals surface area contributed by atoms with Crippen LogP contribution in [-0.2, 0) is 36.8 Å². The average Bonchev–Trinajstić information content (AvgIpc) is 3.64. The van der Waals surface area contributed by atoms with Crippen LogP contribution < -0.4 is 0 Å². The van der Waals surface area contributed by atoms with Crippen molar-refractivity contribution in [2.75, 3.05) is 19.6 Å². The highest BCUT2D eigenvalue weighted by atomic mass is 35.5. The molecule has 3 heterocycles. The third-order valence-electron chi connectivity index (χ3n) is 10.4. The summed E-state index contributed by atoms with van der Waals surface area (Å²) in [5, 5.41) is 4.00. The summed E-state index contributed by atoms with van der Waals surface area (Å²) in [5.41, 5.74) is 4.67. The van der Waals surface area contributed by atoms with Crippen molar-refractivity contribution in [2.45, 2.75) is 85.0 Å². The minimum absolute atomic E-state index is 0.00150. The first kappa shape index (κ1) is 38.9. The second kappa shape index (κ2) is 15.9. The zero-order valence-corrected chi connectivity index (χ0v) is 32.4. The lowest BCUT2D eigenvalue weighted by atomic mass is 9.82. The average molecular weight is 756 g/mol. The molecule has 3 aromatic rings. The summed E-state index contributed by atoms with van der Waals surface area (Å²) in [6.07, 6.45) is 2.24. The van der Waals surface area contributed by atoms with E-state index in [-0.39, 0.29) is 59.2 Å². The molecule has 3 aliphatic rings. The van der Waals surface area contributed by atoms with Gasteiger partial charge in [-0.3, -0.25) is 14.4 Å². The van der Waals surface area contributed by atoms with Crippen molar-refractivity contribution >= 4 is 46.5 Å². The standard InChI is InChI=1S/C43H47ClFN3O6/c1-25(2)26(3)40(50)47-20-17-28(18-21-47)30-9-7-10-32-31(30)19-22-48(41(51)37-24-35(46-54-37)33-11-8-12-34(44)38(33)45)39(32)36(49)23-27-13-15-29(16-14-27)42(52)53-43(4,5)6/h7-17,25-26,37,39H,18-24H2,1-6H3/t26-,37+,39-/m0/s1. The zero-order valence-electron chi connectivity index (χ0n) is 31.7. The van der Waals surface area contributed by atoms with Gasteiger partial charge in [-0.2, -0.15) is 0 Å². The molecular weight excluding hydrogens is 709 g/mol. The molecule has 0 spiro atoms. The molecule has 284 valence electrons. The fraction of sp³-hybridized carbons (Fsp3) is 0.419. The molecule has 0 aliphatic carbocycles. The van der Waals surface area contributed by atoms with Gasteiger partial charge in [-0.1, -0.05) is 80.0 Å². The molecule has 0 bridgehead atoms. The largest absolute Gasteiger partial charge is 0.456 e. The van der Waals surface area contributed by atoms with Crippen LogP contribution in [0.4, 0.5) is 4.39 Å². The van der Waals surface area contributed by atoms with Crippen LogP contribution in [0.2, 0.25) is 5.02 Å². The molecule has 54 heavy (non-hydrogen) atoms. The number of halogens is 2. The topological polar surface area (TPSA) is 106 Å². The Balaban J connectivity index is 1.28. The van der Waals surface area contributed by atoms with E-state index in [0.29, 0.717) is 37.1 Å². The second-order valence-electron chi connectivity index (χ2n) is 15.6. The van der Waals surface area contributed by atoms with Gasteiger partial charge in [0.1, 0.15) is 11.6 Å². The Morgan fingerprint density at radius 2 is 1.67 bits per heavy atom. The van der Waals surface area contributed by atoms with E-state index < -0.39 is 35.4 Å². The number of carbonyl (C=O) groups excluding carboxylic acids is 4. The van der Waals surface area contributed by atoms with Gasteiger partial charge >= 0.3 is 5.97 Å². The molecule has 0 saturated heterocycles. The van der Waals surface area contributed by atoms with Crippen LogP contribution in [0, 0.1) is 17.7 Å². The Morgan fingerprint density at radius 3 is 2.33 bits per heavy atom. The number of hydrogen-bond donors (Lipinski definition) is 0. The van der Waals surface area contributed by atoms with Crippen LogP contribution in [0.15, 0.2) is 71.9 Å². The van der Waals surface area contributed by atoms with Crippen molar-refractivity contribution in [1.29, 1.82) is 0 Å². The summed E-state index contributed by atoms with van der Waals surface area (Å²) in [5.74, 6) is -1.39. The minimum Gasteiger partial charge on any atom is -0.456 e. The maximum absolute atomic E-state index is 14.9. The molecule has 11 heteroatoms. The number of ketones is 1. The van der Waals surface area contributed by atoms with Crippen LogP contribution in [-0.4, -0.2) is 70.4 Å². The normalized spacial score (nSPS) is 19.1. The lowest BCUT2D eigenvalue weighted by Gasteiger charge is -2.39. The molecule has 3 aromatic carbocycles. The number of amides is 2.